The highest BCUT2D eigenvalue weighted by Crippen LogP contribution is 2.30. The number of rotatable bonds is 4. The Labute approximate surface area is 175 Å². The molecule has 156 valence electrons. The van der Waals surface area contributed by atoms with E-state index in [2.05, 4.69) is 45.4 Å². The van der Waals surface area contributed by atoms with Crippen LogP contribution in [0.1, 0.15) is 14.3 Å². The summed E-state index contributed by atoms with van der Waals surface area (Å²) in [6.45, 7) is 7.16. The van der Waals surface area contributed by atoms with E-state index < -0.39 is 13.2 Å². The summed E-state index contributed by atoms with van der Waals surface area (Å²) in [4.78, 5) is 4.24. The van der Waals surface area contributed by atoms with Gasteiger partial charge in [0.15, 0.2) is 6.29 Å². The molecule has 0 saturated carbocycles. The quantitative estimate of drug-likeness (QED) is 0.816. The number of nitrogens with zero attached hydrogens (tertiary/aromatic N) is 3. The number of hydrogen-bond acceptors (Lipinski definition) is 6. The Morgan fingerprint density at radius 2 is 2.00 bits per heavy atom. The molecule has 2 N–H and O–H groups in total. The molecule has 1 aromatic heterocycles. The zero-order chi connectivity index (χ0) is 21.4. The maximum absolute atomic E-state index is 8.23. The van der Waals surface area contributed by atoms with Crippen LogP contribution in [0.5, 0.6) is 0 Å². The van der Waals surface area contributed by atoms with Gasteiger partial charge in [-0.15, -0.1) is 0 Å². The number of aromatic nitrogens is 1. The summed E-state index contributed by atoms with van der Waals surface area (Å²) in [5.41, 5.74) is 3.28. The molecule has 0 bridgehead atoms. The lowest BCUT2D eigenvalue weighted by molar-refractivity contribution is -0.203. The highest BCUT2D eigenvalue weighted by Gasteiger charge is 2.27. The third-order valence-electron chi connectivity index (χ3n) is 5.93. The highest BCUT2D eigenvalue weighted by molar-refractivity contribution is 5.87. The van der Waals surface area contributed by atoms with E-state index in [1.165, 1.54) is 5.56 Å². The molecule has 7 nitrogen and oxygen atoms in total. The van der Waals surface area contributed by atoms with E-state index in [0.29, 0.717) is 13.2 Å². The highest BCUT2D eigenvalue weighted by atomic mass is 16.7. The summed E-state index contributed by atoms with van der Waals surface area (Å²) in [5.74, 6) is 0. The van der Waals surface area contributed by atoms with Crippen molar-refractivity contribution in [3.05, 3.63) is 42.2 Å². The molecule has 0 amide bonds. The Bertz CT molecular complexity index is 937. The van der Waals surface area contributed by atoms with E-state index in [1.54, 1.807) is 6.08 Å². The summed E-state index contributed by atoms with van der Waals surface area (Å²) in [6.07, 6.45) is 5.59. The van der Waals surface area contributed by atoms with Crippen molar-refractivity contribution in [3.8, 4) is 0 Å². The number of nitrogens with one attached hydrogen (secondary N) is 2. The molecule has 0 aliphatic carbocycles. The lowest BCUT2D eigenvalue weighted by atomic mass is 10.1. The molecule has 5 rings (SSSR count). The standard InChI is InChI=1S/C22H31N5O2/c1-17-12-27(19-14-28-22(29-15-19)13-25-9-6-23-7-10-25)21-4-3-18(11-20(17)21)26-8-2-5-24-16-26/h2-4,8,11-12,19,22-24H,5-7,9-10,13-16H2,1H3/i5D,16D. The van der Waals surface area contributed by atoms with E-state index >= 15 is 0 Å². The van der Waals surface area contributed by atoms with E-state index in [9.17, 15) is 0 Å². The zero-order valence-corrected chi connectivity index (χ0v) is 16.9. The van der Waals surface area contributed by atoms with Gasteiger partial charge in [-0.3, -0.25) is 10.2 Å². The average Bonchev–Trinajstić information content (AvgIpc) is 3.11. The van der Waals surface area contributed by atoms with Crippen molar-refractivity contribution in [2.24, 2.45) is 0 Å². The van der Waals surface area contributed by atoms with Crippen LogP contribution in [0.15, 0.2) is 36.7 Å². The SMILES string of the molecule is [2H]C1C=CN(c2ccc3c(c2)c(C)cn3C2COC(CN3CCNCC3)OC2)C([2H])N1. The average molecular weight is 400 g/mol. The third kappa shape index (κ3) is 4.06. The van der Waals surface area contributed by atoms with Crippen LogP contribution in [0, 0.1) is 6.92 Å². The number of fused-ring (bicyclic) bond motifs is 1. The van der Waals surface area contributed by atoms with Crippen LogP contribution in [0.25, 0.3) is 10.9 Å². The summed E-state index contributed by atoms with van der Waals surface area (Å²) in [7, 11) is 0. The Morgan fingerprint density at radius 3 is 2.79 bits per heavy atom. The number of piperazine rings is 1. The normalized spacial score (nSPS) is 32.4. The molecule has 29 heavy (non-hydrogen) atoms. The van der Waals surface area contributed by atoms with Crippen LogP contribution in [0.4, 0.5) is 5.69 Å². The van der Waals surface area contributed by atoms with Gasteiger partial charge in [-0.05, 0) is 30.7 Å². The predicted molar refractivity (Wildman–Crippen MR) is 115 cm³/mol. The number of hydrogen-bond donors (Lipinski definition) is 2. The van der Waals surface area contributed by atoms with Crippen LogP contribution in [-0.4, -0.2) is 74.9 Å². The fourth-order valence-corrected chi connectivity index (χ4v) is 4.30. The van der Waals surface area contributed by atoms with Crippen molar-refractivity contribution in [3.63, 3.8) is 0 Å². The number of anilines is 1. The van der Waals surface area contributed by atoms with E-state index in [4.69, 9.17) is 12.2 Å². The summed E-state index contributed by atoms with van der Waals surface area (Å²) < 4.78 is 30.4. The molecule has 2 fully saturated rings. The van der Waals surface area contributed by atoms with Crippen LogP contribution < -0.4 is 15.5 Å². The van der Waals surface area contributed by atoms with E-state index in [-0.39, 0.29) is 12.3 Å². The molecule has 3 aliphatic rings. The van der Waals surface area contributed by atoms with Crippen molar-refractivity contribution in [2.75, 3.05) is 64.0 Å². The van der Waals surface area contributed by atoms with Gasteiger partial charge in [0.1, 0.15) is 0 Å². The van der Waals surface area contributed by atoms with Crippen molar-refractivity contribution >= 4 is 16.6 Å². The second kappa shape index (κ2) is 8.45. The van der Waals surface area contributed by atoms with Gasteiger partial charge in [0.2, 0.25) is 0 Å². The molecule has 0 radical (unpaired) electrons. The van der Waals surface area contributed by atoms with Gasteiger partial charge in [0.25, 0.3) is 0 Å². The van der Waals surface area contributed by atoms with Gasteiger partial charge < -0.3 is 24.3 Å². The van der Waals surface area contributed by atoms with E-state index in [0.717, 1.165) is 49.3 Å². The first-order chi connectivity index (χ1) is 15.1. The molecular weight excluding hydrogens is 366 g/mol. The summed E-state index contributed by atoms with van der Waals surface area (Å²) in [5, 5.41) is 7.44. The molecule has 1 aromatic carbocycles. The number of ether oxygens (including phenoxy) is 2. The minimum atomic E-state index is -0.667. The fraction of sp³-hybridized carbons (Fsp3) is 0.545. The Morgan fingerprint density at radius 1 is 1.17 bits per heavy atom. The Hall–Kier alpha value is -1.90. The first kappa shape index (κ1) is 16.8. The predicted octanol–water partition coefficient (Wildman–Crippen LogP) is 1.65. The summed E-state index contributed by atoms with van der Waals surface area (Å²) >= 11 is 0. The van der Waals surface area contributed by atoms with Crippen LogP contribution in [0.2, 0.25) is 0 Å². The van der Waals surface area contributed by atoms with Crippen molar-refractivity contribution in [2.45, 2.75) is 19.3 Å². The first-order valence-corrected chi connectivity index (χ1v) is 10.4. The molecule has 2 atom stereocenters. The van der Waals surface area contributed by atoms with Crippen molar-refractivity contribution < 1.29 is 12.2 Å². The molecule has 3 aliphatic heterocycles. The fourth-order valence-electron chi connectivity index (χ4n) is 4.30. The third-order valence-corrected chi connectivity index (χ3v) is 5.93. The van der Waals surface area contributed by atoms with Gasteiger partial charge in [0.05, 0.1) is 27.3 Å². The molecular formula is C22H31N5O2. The molecule has 7 heteroatoms. The lowest BCUT2D eigenvalue weighted by Crippen LogP contribution is -2.48. The first-order valence-electron chi connectivity index (χ1n) is 11.6. The zero-order valence-electron chi connectivity index (χ0n) is 18.9. The smallest absolute Gasteiger partial charge is 0.170 e. The molecule has 0 spiro atoms. The molecule has 4 heterocycles. The van der Waals surface area contributed by atoms with Crippen LogP contribution >= 0.6 is 0 Å². The monoisotopic (exact) mass is 399 g/mol. The van der Waals surface area contributed by atoms with Gasteiger partial charge in [-0.25, -0.2) is 0 Å². The Kier molecular flexibility index (Phi) is 4.91. The number of benzene rings is 1. The van der Waals surface area contributed by atoms with Crippen LogP contribution in [0.3, 0.4) is 0 Å². The topological polar surface area (TPSA) is 53.9 Å². The minimum absolute atomic E-state index is 0.144. The molecule has 2 saturated heterocycles. The number of aryl methyl sites for hydroxylation is 1. The maximum Gasteiger partial charge on any atom is 0.170 e. The molecule has 2 aromatic rings. The van der Waals surface area contributed by atoms with Gasteiger partial charge >= 0.3 is 0 Å². The van der Waals surface area contributed by atoms with Gasteiger partial charge in [-0.2, -0.15) is 0 Å². The second-order valence-corrected chi connectivity index (χ2v) is 7.93. The van der Waals surface area contributed by atoms with E-state index in [1.807, 2.05) is 17.2 Å². The Balaban J connectivity index is 1.29. The van der Waals surface area contributed by atoms with Crippen molar-refractivity contribution in [1.29, 1.82) is 0 Å². The summed E-state index contributed by atoms with van der Waals surface area (Å²) in [6, 6.07) is 6.41. The second-order valence-electron chi connectivity index (χ2n) is 7.93. The largest absolute Gasteiger partial charge is 0.349 e. The van der Waals surface area contributed by atoms with Gasteiger partial charge in [0, 0.05) is 69.6 Å². The minimum Gasteiger partial charge on any atom is -0.349 e. The maximum atomic E-state index is 8.23. The lowest BCUT2D eigenvalue weighted by Gasteiger charge is -2.35. The molecule has 2 unspecified atom stereocenters. The van der Waals surface area contributed by atoms with Crippen molar-refractivity contribution in [1.82, 2.24) is 20.1 Å². The van der Waals surface area contributed by atoms with Crippen LogP contribution in [-0.2, 0) is 9.47 Å². The van der Waals surface area contributed by atoms with Gasteiger partial charge in [-0.1, -0.05) is 6.08 Å².